The lowest BCUT2D eigenvalue weighted by Gasteiger charge is -2.31. The van der Waals surface area contributed by atoms with E-state index in [0.717, 1.165) is 71.2 Å². The summed E-state index contributed by atoms with van der Waals surface area (Å²) in [5.74, 6) is 1.42. The van der Waals surface area contributed by atoms with Crippen LogP contribution in [-0.4, -0.2) is 34.1 Å². The van der Waals surface area contributed by atoms with E-state index in [0.29, 0.717) is 30.4 Å². The second-order valence-electron chi connectivity index (χ2n) is 13.8. The Morgan fingerprint density at radius 1 is 0.898 bits per heavy atom. The van der Waals surface area contributed by atoms with Gasteiger partial charge in [-0.3, -0.25) is 14.7 Å². The molecule has 0 unspecified atom stereocenters. The number of nitrogens with zero attached hydrogens (tertiary/aromatic N) is 3. The molecule has 2 N–H and O–H groups in total. The molecule has 2 amide bonds. The van der Waals surface area contributed by atoms with Gasteiger partial charge in [0.2, 0.25) is 0 Å². The van der Waals surface area contributed by atoms with Gasteiger partial charge >= 0.3 is 6.03 Å². The normalized spacial score (nSPS) is 13.6. The summed E-state index contributed by atoms with van der Waals surface area (Å²) in [5.41, 5.74) is 6.77. The van der Waals surface area contributed by atoms with Gasteiger partial charge in [0, 0.05) is 42.6 Å². The Hall–Kier alpha value is -4.98. The molecule has 1 aliphatic rings. The minimum Gasteiger partial charge on any atom is -0.493 e. The van der Waals surface area contributed by atoms with E-state index in [1.165, 1.54) is 12.0 Å². The number of pyridine rings is 3. The molecule has 5 aromatic rings. The molecule has 3 heterocycles. The number of hydrogen-bond donors (Lipinski definition) is 2. The number of anilines is 2. The fraction of sp³-hybridized carbons (Fsp3) is 0.366. The van der Waals surface area contributed by atoms with Crippen LogP contribution >= 0.6 is 0 Å². The molecular weight excluding hydrogens is 610 g/mol. The summed E-state index contributed by atoms with van der Waals surface area (Å²) >= 11 is 0. The minimum absolute atomic E-state index is 0.134. The number of aromatic nitrogens is 3. The molecule has 3 aromatic heterocycles. The maximum absolute atomic E-state index is 14.5. The molecule has 0 radical (unpaired) electrons. The van der Waals surface area contributed by atoms with Crippen molar-refractivity contribution in [3.05, 3.63) is 112 Å². The summed E-state index contributed by atoms with van der Waals surface area (Å²) in [6.45, 7) is 9.66. The monoisotopic (exact) mass is 657 g/mol. The molecule has 2 aromatic carbocycles. The lowest BCUT2D eigenvalue weighted by atomic mass is 9.88. The van der Waals surface area contributed by atoms with Crippen LogP contribution in [0.3, 0.4) is 0 Å². The SMILES string of the molecule is CC(C)c1cc(-c2cccc(OCCc3ccncc3)c2)cc(C(C)C)c1NC(=O)N(CC1CCCCC1)c1cc2cccnc2[nH]c1=O. The number of urea groups is 1. The van der Waals surface area contributed by atoms with Gasteiger partial charge in [-0.05, 0) is 113 Å². The summed E-state index contributed by atoms with van der Waals surface area (Å²) in [6, 6.07) is 21.8. The van der Waals surface area contributed by atoms with Crippen LogP contribution in [0.15, 0.2) is 90.1 Å². The predicted octanol–water partition coefficient (Wildman–Crippen LogP) is 9.47. The van der Waals surface area contributed by atoms with Gasteiger partial charge in [-0.15, -0.1) is 0 Å². The Morgan fingerprint density at radius 2 is 1.63 bits per heavy atom. The average Bonchev–Trinajstić information content (AvgIpc) is 3.11. The van der Waals surface area contributed by atoms with Gasteiger partial charge in [-0.1, -0.05) is 59.1 Å². The fourth-order valence-corrected chi connectivity index (χ4v) is 6.83. The highest BCUT2D eigenvalue weighted by atomic mass is 16.5. The third-order valence-electron chi connectivity index (χ3n) is 9.55. The number of H-pyrrole nitrogens is 1. The van der Waals surface area contributed by atoms with Crippen LogP contribution in [0, 0.1) is 5.92 Å². The van der Waals surface area contributed by atoms with Crippen molar-refractivity contribution in [3.8, 4) is 16.9 Å². The number of amides is 2. The number of rotatable bonds is 11. The van der Waals surface area contributed by atoms with Crippen LogP contribution in [0.5, 0.6) is 5.75 Å². The van der Waals surface area contributed by atoms with Crippen molar-refractivity contribution in [2.45, 2.75) is 78.1 Å². The number of ether oxygens (including phenoxy) is 1. The van der Waals surface area contributed by atoms with Crippen molar-refractivity contribution < 1.29 is 9.53 Å². The van der Waals surface area contributed by atoms with Crippen molar-refractivity contribution in [1.29, 1.82) is 0 Å². The number of nitrogens with one attached hydrogen (secondary N) is 2. The van der Waals surface area contributed by atoms with Crippen LogP contribution in [0.2, 0.25) is 0 Å². The first-order chi connectivity index (χ1) is 23.8. The van der Waals surface area contributed by atoms with Crippen LogP contribution in [-0.2, 0) is 6.42 Å². The minimum atomic E-state index is -0.316. The fourth-order valence-electron chi connectivity index (χ4n) is 6.83. The number of carbonyl (C=O) groups is 1. The summed E-state index contributed by atoms with van der Waals surface area (Å²) in [7, 11) is 0. The highest BCUT2D eigenvalue weighted by Gasteiger charge is 2.27. The number of fused-ring (bicyclic) bond motifs is 1. The van der Waals surface area contributed by atoms with E-state index < -0.39 is 0 Å². The second-order valence-corrected chi connectivity index (χ2v) is 13.8. The third kappa shape index (κ3) is 8.19. The van der Waals surface area contributed by atoms with Crippen LogP contribution < -0.4 is 20.5 Å². The molecular formula is C41H47N5O3. The lowest BCUT2D eigenvalue weighted by Crippen LogP contribution is -2.42. The van der Waals surface area contributed by atoms with E-state index in [9.17, 15) is 9.59 Å². The number of benzene rings is 2. The van der Waals surface area contributed by atoms with E-state index in [4.69, 9.17) is 4.74 Å². The molecule has 8 nitrogen and oxygen atoms in total. The Morgan fingerprint density at radius 3 is 2.35 bits per heavy atom. The van der Waals surface area contributed by atoms with Gasteiger partial charge in [-0.2, -0.15) is 0 Å². The average molecular weight is 658 g/mol. The summed E-state index contributed by atoms with van der Waals surface area (Å²) in [4.78, 5) is 40.9. The zero-order valence-electron chi connectivity index (χ0n) is 29.0. The first-order valence-electron chi connectivity index (χ1n) is 17.6. The number of aromatic amines is 1. The standard InChI is InChI=1S/C41H47N5O3/c1-27(2)35-23-33(31-12-8-14-34(22-31)49-21-17-29-15-19-42-20-16-29)24-36(28(3)4)38(35)44-41(48)46(26-30-10-6-5-7-11-30)37-25-32-13-9-18-43-39(32)45-40(37)47/h8-9,12-16,18-20,22-25,27-28,30H,5-7,10-11,17,21,26H2,1-4H3,(H,44,48)(H,43,45,47). The topological polar surface area (TPSA) is 100 Å². The molecule has 8 heteroatoms. The Balaban J connectivity index is 1.32. The first-order valence-corrected chi connectivity index (χ1v) is 17.6. The Labute approximate surface area is 289 Å². The molecule has 0 bridgehead atoms. The first kappa shape index (κ1) is 33.9. The highest BCUT2D eigenvalue weighted by Crippen LogP contribution is 2.38. The summed E-state index contributed by atoms with van der Waals surface area (Å²) in [6.07, 6.45) is 11.7. The van der Waals surface area contributed by atoms with E-state index in [1.807, 2.05) is 36.4 Å². The van der Waals surface area contributed by atoms with Crippen molar-refractivity contribution in [1.82, 2.24) is 15.0 Å². The Kier molecular flexibility index (Phi) is 10.7. The van der Waals surface area contributed by atoms with Crippen LogP contribution in [0.25, 0.3) is 22.2 Å². The van der Waals surface area contributed by atoms with Crippen LogP contribution in [0.1, 0.15) is 88.3 Å². The predicted molar refractivity (Wildman–Crippen MR) is 199 cm³/mol. The molecule has 1 saturated carbocycles. The van der Waals surface area contributed by atoms with E-state index in [1.54, 1.807) is 29.6 Å². The van der Waals surface area contributed by atoms with Crippen molar-refractivity contribution in [2.75, 3.05) is 23.4 Å². The molecule has 1 aliphatic carbocycles. The highest BCUT2D eigenvalue weighted by molar-refractivity contribution is 6.03. The van der Waals surface area contributed by atoms with Gasteiger partial charge in [-0.25, -0.2) is 9.78 Å². The number of carbonyl (C=O) groups excluding carboxylic acids is 1. The molecule has 6 rings (SSSR count). The Bertz CT molecular complexity index is 1920. The zero-order valence-corrected chi connectivity index (χ0v) is 29.0. The van der Waals surface area contributed by atoms with Gasteiger partial charge in [0.1, 0.15) is 17.1 Å². The van der Waals surface area contributed by atoms with E-state index >= 15 is 0 Å². The van der Waals surface area contributed by atoms with Crippen molar-refractivity contribution in [3.63, 3.8) is 0 Å². The summed E-state index contributed by atoms with van der Waals surface area (Å²) in [5, 5.41) is 4.12. The lowest BCUT2D eigenvalue weighted by molar-refractivity contribution is 0.254. The molecule has 0 spiro atoms. The van der Waals surface area contributed by atoms with Crippen molar-refractivity contribution >= 4 is 28.4 Å². The van der Waals surface area contributed by atoms with Crippen LogP contribution in [0.4, 0.5) is 16.2 Å². The maximum Gasteiger partial charge on any atom is 0.326 e. The molecule has 0 atom stereocenters. The van der Waals surface area contributed by atoms with Gasteiger partial charge < -0.3 is 15.0 Å². The van der Waals surface area contributed by atoms with E-state index in [-0.39, 0.29) is 23.4 Å². The summed E-state index contributed by atoms with van der Waals surface area (Å²) < 4.78 is 6.16. The molecule has 49 heavy (non-hydrogen) atoms. The van der Waals surface area contributed by atoms with Gasteiger partial charge in [0.25, 0.3) is 5.56 Å². The molecule has 254 valence electrons. The maximum atomic E-state index is 14.5. The van der Waals surface area contributed by atoms with Gasteiger partial charge in [0.05, 0.1) is 6.61 Å². The zero-order chi connectivity index (χ0) is 34.3. The number of hydrogen-bond acceptors (Lipinski definition) is 5. The second kappa shape index (κ2) is 15.5. The molecule has 1 fully saturated rings. The third-order valence-corrected chi connectivity index (χ3v) is 9.55. The molecule has 0 saturated heterocycles. The largest absolute Gasteiger partial charge is 0.493 e. The molecule has 0 aliphatic heterocycles. The van der Waals surface area contributed by atoms with Gasteiger partial charge in [0.15, 0.2) is 0 Å². The van der Waals surface area contributed by atoms with E-state index in [2.05, 4.69) is 72.2 Å². The van der Waals surface area contributed by atoms with Crippen molar-refractivity contribution in [2.24, 2.45) is 5.92 Å². The smallest absolute Gasteiger partial charge is 0.326 e. The quantitative estimate of drug-likeness (QED) is 0.147.